The van der Waals surface area contributed by atoms with Crippen molar-refractivity contribution in [3.05, 3.63) is 53.9 Å². The predicted octanol–water partition coefficient (Wildman–Crippen LogP) is 1.26. The zero-order valence-electron chi connectivity index (χ0n) is 12.2. The smallest absolute Gasteiger partial charge is 0.225 e. The molecule has 1 fully saturated rings. The highest BCUT2D eigenvalue weighted by atomic mass is 15.3. The zero-order chi connectivity index (χ0) is 14.5. The molecule has 0 radical (unpaired) electrons. The van der Waals surface area contributed by atoms with Gasteiger partial charge in [-0.05, 0) is 5.56 Å². The molecule has 0 bridgehead atoms. The van der Waals surface area contributed by atoms with E-state index in [2.05, 4.69) is 50.1 Å². The van der Waals surface area contributed by atoms with Gasteiger partial charge in [-0.1, -0.05) is 30.3 Å². The van der Waals surface area contributed by atoms with Crippen LogP contribution in [0.4, 0.5) is 5.95 Å². The lowest BCUT2D eigenvalue weighted by Gasteiger charge is -2.34. The number of hydrogen-bond donors (Lipinski definition) is 1. The molecule has 0 unspecified atom stereocenters. The molecule has 0 amide bonds. The maximum absolute atomic E-state index is 5.57. The van der Waals surface area contributed by atoms with E-state index in [-0.39, 0.29) is 0 Å². The highest BCUT2D eigenvalue weighted by molar-refractivity contribution is 5.30. The van der Waals surface area contributed by atoms with Crippen LogP contribution in [0, 0.1) is 0 Å². The van der Waals surface area contributed by atoms with Gasteiger partial charge in [-0.2, -0.15) is 0 Å². The van der Waals surface area contributed by atoms with Crippen LogP contribution < -0.4 is 10.6 Å². The van der Waals surface area contributed by atoms with Crippen LogP contribution in [0.2, 0.25) is 0 Å². The maximum atomic E-state index is 5.57. The molecule has 2 heterocycles. The molecular weight excluding hydrogens is 262 g/mol. The van der Waals surface area contributed by atoms with Crippen molar-refractivity contribution in [2.24, 2.45) is 5.73 Å². The van der Waals surface area contributed by atoms with Gasteiger partial charge in [-0.3, -0.25) is 4.90 Å². The molecular formula is C16H21N5. The first-order valence-electron chi connectivity index (χ1n) is 7.37. The van der Waals surface area contributed by atoms with Crippen LogP contribution in [0.1, 0.15) is 11.1 Å². The van der Waals surface area contributed by atoms with Gasteiger partial charge < -0.3 is 10.6 Å². The molecule has 1 aromatic heterocycles. The molecule has 2 N–H and O–H groups in total. The van der Waals surface area contributed by atoms with Crippen LogP contribution in [0.15, 0.2) is 42.7 Å². The summed E-state index contributed by atoms with van der Waals surface area (Å²) in [5, 5.41) is 0. The van der Waals surface area contributed by atoms with Gasteiger partial charge in [0.1, 0.15) is 0 Å². The Morgan fingerprint density at radius 1 is 0.905 bits per heavy atom. The minimum Gasteiger partial charge on any atom is -0.338 e. The summed E-state index contributed by atoms with van der Waals surface area (Å²) < 4.78 is 0. The van der Waals surface area contributed by atoms with Gasteiger partial charge in [0.05, 0.1) is 0 Å². The number of hydrogen-bond acceptors (Lipinski definition) is 5. The lowest BCUT2D eigenvalue weighted by molar-refractivity contribution is 0.248. The molecule has 1 aliphatic heterocycles. The summed E-state index contributed by atoms with van der Waals surface area (Å²) >= 11 is 0. The normalized spacial score (nSPS) is 16.1. The average Bonchev–Trinajstić information content (AvgIpc) is 2.57. The van der Waals surface area contributed by atoms with Gasteiger partial charge in [-0.25, -0.2) is 9.97 Å². The molecule has 1 aromatic carbocycles. The highest BCUT2D eigenvalue weighted by Crippen LogP contribution is 2.13. The van der Waals surface area contributed by atoms with E-state index >= 15 is 0 Å². The molecule has 1 aliphatic rings. The third-order valence-corrected chi connectivity index (χ3v) is 3.83. The van der Waals surface area contributed by atoms with E-state index in [9.17, 15) is 0 Å². The van der Waals surface area contributed by atoms with Crippen LogP contribution in [-0.2, 0) is 13.1 Å². The third kappa shape index (κ3) is 3.56. The largest absolute Gasteiger partial charge is 0.338 e. The van der Waals surface area contributed by atoms with Gasteiger partial charge >= 0.3 is 0 Å². The van der Waals surface area contributed by atoms with E-state index in [0.29, 0.717) is 6.54 Å². The Kier molecular flexibility index (Phi) is 4.43. The second-order valence-electron chi connectivity index (χ2n) is 5.34. The van der Waals surface area contributed by atoms with E-state index in [0.717, 1.165) is 44.2 Å². The van der Waals surface area contributed by atoms with Gasteiger partial charge in [-0.15, -0.1) is 0 Å². The zero-order valence-corrected chi connectivity index (χ0v) is 12.2. The molecule has 0 atom stereocenters. The summed E-state index contributed by atoms with van der Waals surface area (Å²) in [5.74, 6) is 0.812. The molecule has 0 saturated carbocycles. The molecule has 5 heteroatoms. The highest BCUT2D eigenvalue weighted by Gasteiger charge is 2.18. The number of benzene rings is 1. The monoisotopic (exact) mass is 283 g/mol. The van der Waals surface area contributed by atoms with Crippen molar-refractivity contribution in [1.29, 1.82) is 0 Å². The lowest BCUT2D eigenvalue weighted by Crippen LogP contribution is -2.46. The summed E-state index contributed by atoms with van der Waals surface area (Å²) in [6.07, 6.45) is 3.64. The van der Waals surface area contributed by atoms with Crippen molar-refractivity contribution < 1.29 is 0 Å². The summed E-state index contributed by atoms with van der Waals surface area (Å²) in [4.78, 5) is 13.5. The number of rotatable bonds is 4. The number of piperazine rings is 1. The topological polar surface area (TPSA) is 58.3 Å². The molecule has 2 aromatic rings. The van der Waals surface area contributed by atoms with Crippen LogP contribution in [0.25, 0.3) is 0 Å². The minimum atomic E-state index is 0.491. The van der Waals surface area contributed by atoms with Gasteiger partial charge in [0, 0.05) is 57.2 Å². The lowest BCUT2D eigenvalue weighted by atomic mass is 10.2. The van der Waals surface area contributed by atoms with Crippen LogP contribution >= 0.6 is 0 Å². The second-order valence-corrected chi connectivity index (χ2v) is 5.34. The summed E-state index contributed by atoms with van der Waals surface area (Å²) in [6.45, 7) is 5.52. The molecule has 110 valence electrons. The third-order valence-electron chi connectivity index (χ3n) is 3.83. The first-order valence-corrected chi connectivity index (χ1v) is 7.37. The Morgan fingerprint density at radius 3 is 2.19 bits per heavy atom. The number of aromatic nitrogens is 2. The van der Waals surface area contributed by atoms with Gasteiger partial charge in [0.15, 0.2) is 0 Å². The standard InChI is InChI=1S/C16H21N5/c17-10-15-11-18-16(19-12-15)21-8-6-20(7-9-21)13-14-4-2-1-3-5-14/h1-5,11-12H,6-10,13,17H2. The molecule has 0 aliphatic carbocycles. The Morgan fingerprint density at radius 2 is 1.57 bits per heavy atom. The quantitative estimate of drug-likeness (QED) is 0.915. The predicted molar refractivity (Wildman–Crippen MR) is 83.9 cm³/mol. The summed E-state index contributed by atoms with van der Waals surface area (Å²) in [6, 6.07) is 10.6. The van der Waals surface area contributed by atoms with E-state index < -0.39 is 0 Å². The minimum absolute atomic E-state index is 0.491. The molecule has 1 saturated heterocycles. The summed E-state index contributed by atoms with van der Waals surface area (Å²) in [7, 11) is 0. The average molecular weight is 283 g/mol. The number of nitrogens with two attached hydrogens (primary N) is 1. The first-order chi connectivity index (χ1) is 10.3. The Labute approximate surface area is 125 Å². The fraction of sp³-hybridized carbons (Fsp3) is 0.375. The first kappa shape index (κ1) is 14.0. The van der Waals surface area contributed by atoms with Gasteiger partial charge in [0.2, 0.25) is 5.95 Å². The Bertz CT molecular complexity index is 547. The summed E-state index contributed by atoms with van der Waals surface area (Å²) in [5.41, 5.74) is 7.91. The van der Waals surface area contributed by atoms with Crippen molar-refractivity contribution in [3.63, 3.8) is 0 Å². The van der Waals surface area contributed by atoms with Crippen LogP contribution in [0.3, 0.4) is 0 Å². The fourth-order valence-corrected chi connectivity index (χ4v) is 2.56. The van der Waals surface area contributed by atoms with Crippen molar-refractivity contribution in [3.8, 4) is 0 Å². The van der Waals surface area contributed by atoms with Crippen molar-refractivity contribution in [1.82, 2.24) is 14.9 Å². The maximum Gasteiger partial charge on any atom is 0.225 e. The molecule has 5 nitrogen and oxygen atoms in total. The van der Waals surface area contributed by atoms with Crippen molar-refractivity contribution in [2.75, 3.05) is 31.1 Å². The second kappa shape index (κ2) is 6.65. The van der Waals surface area contributed by atoms with Crippen LogP contribution in [0.5, 0.6) is 0 Å². The molecule has 3 rings (SSSR count). The van der Waals surface area contributed by atoms with Crippen LogP contribution in [-0.4, -0.2) is 41.0 Å². The van der Waals surface area contributed by atoms with E-state index in [1.807, 2.05) is 12.4 Å². The SMILES string of the molecule is NCc1cnc(N2CCN(Cc3ccccc3)CC2)nc1. The Hall–Kier alpha value is -1.98. The number of anilines is 1. The van der Waals surface area contributed by atoms with E-state index in [4.69, 9.17) is 5.73 Å². The van der Waals surface area contributed by atoms with Crippen molar-refractivity contribution >= 4 is 5.95 Å². The van der Waals surface area contributed by atoms with Crippen molar-refractivity contribution in [2.45, 2.75) is 13.1 Å². The van der Waals surface area contributed by atoms with E-state index in [1.54, 1.807) is 0 Å². The van der Waals surface area contributed by atoms with E-state index in [1.165, 1.54) is 5.56 Å². The molecule has 0 spiro atoms. The molecule has 21 heavy (non-hydrogen) atoms. The fourth-order valence-electron chi connectivity index (χ4n) is 2.56. The Balaban J connectivity index is 1.54. The van der Waals surface area contributed by atoms with Gasteiger partial charge in [0.25, 0.3) is 0 Å². The number of nitrogens with zero attached hydrogens (tertiary/aromatic N) is 4.